The first-order valence-electron chi connectivity index (χ1n) is 9.60. The molecule has 1 aliphatic carbocycles. The number of aliphatic hydroxyl groups is 1. The molecular formula is C21H33NO3. The number of ether oxygens (including phenoxy) is 2. The molecule has 1 saturated carbocycles. The van der Waals surface area contributed by atoms with Crippen molar-refractivity contribution in [3.05, 3.63) is 23.8 Å². The molecule has 1 aliphatic heterocycles. The third kappa shape index (κ3) is 3.80. The minimum absolute atomic E-state index is 0.176. The van der Waals surface area contributed by atoms with Crippen molar-refractivity contribution in [1.29, 1.82) is 0 Å². The van der Waals surface area contributed by atoms with Crippen LogP contribution in [0.3, 0.4) is 0 Å². The van der Waals surface area contributed by atoms with Crippen LogP contribution in [0, 0.1) is 11.3 Å². The standard InChI is InChI=1S/C21H33NO3/c1-16(2)15-25-18-6-5-17(13-19(18)24-4)14-22-11-9-21(10-12-22)8-7-20(21,3)23/h5-6,13,16,23H,7-12,14-15H2,1-4H3. The van der Waals surface area contributed by atoms with Crippen molar-refractivity contribution in [2.45, 2.75) is 58.6 Å². The van der Waals surface area contributed by atoms with Crippen LogP contribution in [0.15, 0.2) is 18.2 Å². The lowest BCUT2D eigenvalue weighted by atomic mass is 9.53. The number of hydrogen-bond acceptors (Lipinski definition) is 4. The van der Waals surface area contributed by atoms with Crippen LogP contribution in [0.4, 0.5) is 0 Å². The van der Waals surface area contributed by atoms with Gasteiger partial charge in [-0.3, -0.25) is 4.90 Å². The number of likely N-dealkylation sites (tertiary alicyclic amines) is 1. The molecule has 1 saturated heterocycles. The van der Waals surface area contributed by atoms with Crippen LogP contribution >= 0.6 is 0 Å². The van der Waals surface area contributed by atoms with Crippen molar-refractivity contribution < 1.29 is 14.6 Å². The Kier molecular flexibility index (Phi) is 5.31. The minimum Gasteiger partial charge on any atom is -0.493 e. The average molecular weight is 347 g/mol. The summed E-state index contributed by atoms with van der Waals surface area (Å²) in [6, 6.07) is 6.26. The lowest BCUT2D eigenvalue weighted by Crippen LogP contribution is -2.59. The first-order chi connectivity index (χ1) is 11.9. The van der Waals surface area contributed by atoms with Crippen LogP contribution in [0.1, 0.15) is 52.0 Å². The summed E-state index contributed by atoms with van der Waals surface area (Å²) in [5, 5.41) is 10.5. The predicted octanol–water partition coefficient (Wildman–Crippen LogP) is 3.86. The topological polar surface area (TPSA) is 41.9 Å². The summed E-state index contributed by atoms with van der Waals surface area (Å²) in [5.41, 5.74) is 0.984. The Morgan fingerprint density at radius 2 is 1.84 bits per heavy atom. The molecule has 1 N–H and O–H groups in total. The number of hydrogen-bond donors (Lipinski definition) is 1. The number of piperidine rings is 1. The quantitative estimate of drug-likeness (QED) is 0.848. The smallest absolute Gasteiger partial charge is 0.161 e. The molecule has 0 aromatic heterocycles. The van der Waals surface area contributed by atoms with Crippen LogP contribution in [-0.4, -0.2) is 42.4 Å². The number of rotatable bonds is 6. The maximum atomic E-state index is 10.5. The Hall–Kier alpha value is -1.26. The van der Waals surface area contributed by atoms with E-state index in [0.29, 0.717) is 12.5 Å². The highest BCUT2D eigenvalue weighted by molar-refractivity contribution is 5.43. The van der Waals surface area contributed by atoms with Gasteiger partial charge in [0.05, 0.1) is 19.3 Å². The molecule has 1 spiro atoms. The molecule has 0 amide bonds. The highest BCUT2D eigenvalue weighted by Crippen LogP contribution is 2.56. The van der Waals surface area contributed by atoms with E-state index in [1.54, 1.807) is 7.11 Å². The van der Waals surface area contributed by atoms with Gasteiger partial charge in [-0.2, -0.15) is 0 Å². The van der Waals surface area contributed by atoms with Crippen LogP contribution in [-0.2, 0) is 6.54 Å². The van der Waals surface area contributed by atoms with Crippen molar-refractivity contribution in [3.8, 4) is 11.5 Å². The van der Waals surface area contributed by atoms with Gasteiger partial charge >= 0.3 is 0 Å². The van der Waals surface area contributed by atoms with Crippen LogP contribution in [0.2, 0.25) is 0 Å². The van der Waals surface area contributed by atoms with Gasteiger partial charge in [0.15, 0.2) is 11.5 Å². The van der Waals surface area contributed by atoms with E-state index in [9.17, 15) is 5.11 Å². The second-order valence-corrected chi connectivity index (χ2v) is 8.52. The van der Waals surface area contributed by atoms with Crippen LogP contribution < -0.4 is 9.47 Å². The second kappa shape index (κ2) is 7.16. The molecule has 1 unspecified atom stereocenters. The lowest BCUT2D eigenvalue weighted by Gasteiger charge is -2.58. The van der Waals surface area contributed by atoms with Crippen molar-refractivity contribution in [2.24, 2.45) is 11.3 Å². The molecule has 0 radical (unpaired) electrons. The van der Waals surface area contributed by atoms with Crippen molar-refractivity contribution in [3.63, 3.8) is 0 Å². The molecule has 1 aromatic rings. The summed E-state index contributed by atoms with van der Waals surface area (Å²) in [6.07, 6.45) is 4.35. The van der Waals surface area contributed by atoms with Gasteiger partial charge in [0.25, 0.3) is 0 Å². The largest absolute Gasteiger partial charge is 0.493 e. The van der Waals surface area contributed by atoms with E-state index >= 15 is 0 Å². The maximum Gasteiger partial charge on any atom is 0.161 e. The van der Waals surface area contributed by atoms with E-state index < -0.39 is 5.60 Å². The van der Waals surface area contributed by atoms with E-state index in [-0.39, 0.29) is 5.41 Å². The zero-order valence-corrected chi connectivity index (χ0v) is 16.2. The molecule has 4 nitrogen and oxygen atoms in total. The second-order valence-electron chi connectivity index (χ2n) is 8.52. The van der Waals surface area contributed by atoms with E-state index in [0.717, 1.165) is 50.4 Å². The monoisotopic (exact) mass is 347 g/mol. The Bertz CT molecular complexity index is 589. The summed E-state index contributed by atoms with van der Waals surface area (Å²) in [6.45, 7) is 10.1. The summed E-state index contributed by atoms with van der Waals surface area (Å²) in [4.78, 5) is 2.49. The van der Waals surface area contributed by atoms with Gasteiger partial charge in [-0.05, 0) is 69.3 Å². The van der Waals surface area contributed by atoms with Gasteiger partial charge in [0, 0.05) is 12.0 Å². The average Bonchev–Trinajstić information content (AvgIpc) is 2.60. The normalized spacial score (nSPS) is 25.8. The fourth-order valence-electron chi connectivity index (χ4n) is 4.21. The van der Waals surface area contributed by atoms with Gasteiger partial charge in [-0.15, -0.1) is 0 Å². The maximum absolute atomic E-state index is 10.5. The summed E-state index contributed by atoms with van der Waals surface area (Å²) in [5.74, 6) is 2.13. The van der Waals surface area contributed by atoms with E-state index in [4.69, 9.17) is 9.47 Å². The fraction of sp³-hybridized carbons (Fsp3) is 0.714. The van der Waals surface area contributed by atoms with Gasteiger partial charge in [-0.25, -0.2) is 0 Å². The molecule has 1 heterocycles. The number of nitrogens with zero attached hydrogens (tertiary/aromatic N) is 1. The van der Waals surface area contributed by atoms with E-state index in [1.807, 2.05) is 13.0 Å². The van der Waals surface area contributed by atoms with Crippen molar-refractivity contribution in [1.82, 2.24) is 4.90 Å². The third-order valence-electron chi connectivity index (χ3n) is 6.25. The summed E-state index contributed by atoms with van der Waals surface area (Å²) < 4.78 is 11.4. The highest BCUT2D eigenvalue weighted by Gasteiger charge is 2.55. The minimum atomic E-state index is -0.447. The molecule has 1 atom stereocenters. The Morgan fingerprint density at radius 3 is 2.36 bits per heavy atom. The van der Waals surface area contributed by atoms with Crippen molar-refractivity contribution >= 4 is 0 Å². The van der Waals surface area contributed by atoms with Crippen LogP contribution in [0.5, 0.6) is 11.5 Å². The molecule has 3 rings (SSSR count). The van der Waals surface area contributed by atoms with Gasteiger partial charge in [0.1, 0.15) is 0 Å². The molecule has 2 aliphatic rings. The molecule has 0 bridgehead atoms. The van der Waals surface area contributed by atoms with Crippen LogP contribution in [0.25, 0.3) is 0 Å². The Labute approximate surface area is 152 Å². The molecular weight excluding hydrogens is 314 g/mol. The Balaban J connectivity index is 1.58. The zero-order chi connectivity index (χ0) is 18.1. The first-order valence-corrected chi connectivity index (χ1v) is 9.60. The number of benzene rings is 1. The predicted molar refractivity (Wildman–Crippen MR) is 100 cm³/mol. The number of methoxy groups -OCH3 is 1. The molecule has 4 heteroatoms. The van der Waals surface area contributed by atoms with E-state index in [1.165, 1.54) is 12.0 Å². The molecule has 2 fully saturated rings. The fourth-order valence-corrected chi connectivity index (χ4v) is 4.21. The van der Waals surface area contributed by atoms with Gasteiger partial charge in [0.2, 0.25) is 0 Å². The van der Waals surface area contributed by atoms with Gasteiger partial charge < -0.3 is 14.6 Å². The SMILES string of the molecule is COc1cc(CN2CCC3(CC2)CCC3(C)O)ccc1OCC(C)C. The Morgan fingerprint density at radius 1 is 1.12 bits per heavy atom. The van der Waals surface area contributed by atoms with Gasteiger partial charge in [-0.1, -0.05) is 19.9 Å². The summed E-state index contributed by atoms with van der Waals surface area (Å²) in [7, 11) is 1.70. The highest BCUT2D eigenvalue weighted by atomic mass is 16.5. The third-order valence-corrected chi connectivity index (χ3v) is 6.25. The lowest BCUT2D eigenvalue weighted by molar-refractivity contribution is -0.177. The van der Waals surface area contributed by atoms with Crippen molar-refractivity contribution in [2.75, 3.05) is 26.8 Å². The summed E-state index contributed by atoms with van der Waals surface area (Å²) >= 11 is 0. The first kappa shape index (κ1) is 18.5. The molecule has 1 aromatic carbocycles. The zero-order valence-electron chi connectivity index (χ0n) is 16.2. The molecule has 140 valence electrons. The van der Waals surface area contributed by atoms with E-state index in [2.05, 4.69) is 30.9 Å². The molecule has 25 heavy (non-hydrogen) atoms.